The summed E-state index contributed by atoms with van der Waals surface area (Å²) in [5, 5.41) is 9.06. The van der Waals surface area contributed by atoms with Crippen molar-refractivity contribution in [3.63, 3.8) is 0 Å². The van der Waals surface area contributed by atoms with E-state index in [2.05, 4.69) is 0 Å². The lowest BCUT2D eigenvalue weighted by atomic mass is 9.97. The summed E-state index contributed by atoms with van der Waals surface area (Å²) in [4.78, 5) is 24.9. The summed E-state index contributed by atoms with van der Waals surface area (Å²) >= 11 is 0. The lowest BCUT2D eigenvalue weighted by molar-refractivity contribution is -0.145. The standard InChI is InChI=1S/C16H21NO4/c1-2-21-14-7-5-12(6-8-14)10-15(18)17-9-3-4-13(11-17)16(19)20/h5-8,13H,2-4,9-11H2,1H3,(H,19,20)/t13-/m0/s1. The summed E-state index contributed by atoms with van der Waals surface area (Å²) in [5.74, 6) is -0.459. The maximum atomic E-state index is 12.2. The van der Waals surface area contributed by atoms with Crippen LogP contribution in [0, 0.1) is 5.92 Å². The normalized spacial score (nSPS) is 18.3. The predicted molar refractivity (Wildman–Crippen MR) is 78.3 cm³/mol. The number of likely N-dealkylation sites (tertiary alicyclic amines) is 1. The van der Waals surface area contributed by atoms with Crippen molar-refractivity contribution in [3.8, 4) is 5.75 Å². The second-order valence-corrected chi connectivity index (χ2v) is 5.27. The maximum Gasteiger partial charge on any atom is 0.308 e. The molecule has 0 aromatic heterocycles. The van der Waals surface area contributed by atoms with Crippen LogP contribution in [-0.2, 0) is 16.0 Å². The lowest BCUT2D eigenvalue weighted by Crippen LogP contribution is -2.42. The molecule has 5 heteroatoms. The fourth-order valence-electron chi connectivity index (χ4n) is 2.56. The van der Waals surface area contributed by atoms with Gasteiger partial charge in [0, 0.05) is 13.1 Å². The molecule has 1 aromatic carbocycles. The second-order valence-electron chi connectivity index (χ2n) is 5.27. The van der Waals surface area contributed by atoms with Crippen LogP contribution in [0.4, 0.5) is 0 Å². The summed E-state index contributed by atoms with van der Waals surface area (Å²) in [6.45, 7) is 3.51. The van der Waals surface area contributed by atoms with Crippen molar-refractivity contribution in [3.05, 3.63) is 29.8 Å². The molecule has 5 nitrogen and oxygen atoms in total. The van der Waals surface area contributed by atoms with Crippen LogP contribution in [0.3, 0.4) is 0 Å². The number of piperidine rings is 1. The first kappa shape index (κ1) is 15.4. The lowest BCUT2D eigenvalue weighted by Gasteiger charge is -2.30. The Hall–Kier alpha value is -2.04. The van der Waals surface area contributed by atoms with Gasteiger partial charge in [0.25, 0.3) is 0 Å². The van der Waals surface area contributed by atoms with Gasteiger partial charge >= 0.3 is 5.97 Å². The molecule has 0 aliphatic carbocycles. The largest absolute Gasteiger partial charge is 0.494 e. The van der Waals surface area contributed by atoms with Gasteiger partial charge in [-0.3, -0.25) is 9.59 Å². The van der Waals surface area contributed by atoms with Gasteiger partial charge in [0.05, 0.1) is 18.9 Å². The van der Waals surface area contributed by atoms with E-state index >= 15 is 0 Å². The van der Waals surface area contributed by atoms with Crippen LogP contribution < -0.4 is 4.74 Å². The van der Waals surface area contributed by atoms with Gasteiger partial charge in [0.15, 0.2) is 0 Å². The van der Waals surface area contributed by atoms with Crippen molar-refractivity contribution in [2.24, 2.45) is 5.92 Å². The fraction of sp³-hybridized carbons (Fsp3) is 0.500. The first-order valence-corrected chi connectivity index (χ1v) is 7.32. The molecule has 2 rings (SSSR count). The number of amides is 1. The highest BCUT2D eigenvalue weighted by molar-refractivity contribution is 5.80. The molecule has 1 aromatic rings. The average molecular weight is 291 g/mol. The fourth-order valence-corrected chi connectivity index (χ4v) is 2.56. The molecule has 0 spiro atoms. The number of aliphatic carboxylic acids is 1. The first-order chi connectivity index (χ1) is 10.1. The van der Waals surface area contributed by atoms with Crippen molar-refractivity contribution >= 4 is 11.9 Å². The minimum Gasteiger partial charge on any atom is -0.494 e. The van der Waals surface area contributed by atoms with Crippen molar-refractivity contribution in [1.82, 2.24) is 4.90 Å². The third-order valence-electron chi connectivity index (χ3n) is 3.71. The molecule has 21 heavy (non-hydrogen) atoms. The van der Waals surface area contributed by atoms with Crippen molar-refractivity contribution in [2.75, 3.05) is 19.7 Å². The van der Waals surface area contributed by atoms with Crippen molar-refractivity contribution in [1.29, 1.82) is 0 Å². The molecule has 114 valence electrons. The Morgan fingerprint density at radius 1 is 1.33 bits per heavy atom. The molecule has 1 aliphatic rings. The highest BCUT2D eigenvalue weighted by Gasteiger charge is 2.27. The van der Waals surface area contributed by atoms with Crippen LogP contribution in [-0.4, -0.2) is 41.6 Å². The third-order valence-corrected chi connectivity index (χ3v) is 3.71. The summed E-state index contributed by atoms with van der Waals surface area (Å²) in [6.07, 6.45) is 1.72. The number of carboxylic acid groups (broad SMARTS) is 1. The third kappa shape index (κ3) is 4.21. The number of carbonyl (C=O) groups excluding carboxylic acids is 1. The summed E-state index contributed by atoms with van der Waals surface area (Å²) < 4.78 is 5.36. The zero-order chi connectivity index (χ0) is 15.2. The molecule has 0 radical (unpaired) electrons. The van der Waals surface area contributed by atoms with E-state index in [1.807, 2.05) is 31.2 Å². The Bertz CT molecular complexity index is 498. The van der Waals surface area contributed by atoms with E-state index in [-0.39, 0.29) is 5.91 Å². The van der Waals surface area contributed by atoms with Crippen LogP contribution in [0.2, 0.25) is 0 Å². The Labute approximate surface area is 124 Å². The van der Waals surface area contributed by atoms with Crippen LogP contribution in [0.1, 0.15) is 25.3 Å². The van der Waals surface area contributed by atoms with Gasteiger partial charge < -0.3 is 14.7 Å². The topological polar surface area (TPSA) is 66.8 Å². The minimum atomic E-state index is -0.812. The summed E-state index contributed by atoms with van der Waals surface area (Å²) in [7, 11) is 0. The van der Waals surface area contributed by atoms with E-state index in [0.717, 1.165) is 17.7 Å². The van der Waals surface area contributed by atoms with Crippen LogP contribution in [0.5, 0.6) is 5.75 Å². The molecule has 1 fully saturated rings. The second kappa shape index (κ2) is 7.11. The van der Waals surface area contributed by atoms with Crippen LogP contribution in [0.15, 0.2) is 24.3 Å². The zero-order valence-corrected chi connectivity index (χ0v) is 12.2. The van der Waals surface area contributed by atoms with Gasteiger partial charge in [0.1, 0.15) is 5.75 Å². The van der Waals surface area contributed by atoms with Crippen molar-refractivity contribution < 1.29 is 19.4 Å². The number of hydrogen-bond acceptors (Lipinski definition) is 3. The Morgan fingerprint density at radius 2 is 2.05 bits per heavy atom. The van der Waals surface area contributed by atoms with E-state index in [0.29, 0.717) is 32.5 Å². The highest BCUT2D eigenvalue weighted by atomic mass is 16.5. The quantitative estimate of drug-likeness (QED) is 0.900. The molecule has 1 atom stereocenters. The van der Waals surface area contributed by atoms with Crippen LogP contribution in [0.25, 0.3) is 0 Å². The molecule has 0 bridgehead atoms. The van der Waals surface area contributed by atoms with E-state index in [1.54, 1.807) is 4.90 Å². The highest BCUT2D eigenvalue weighted by Crippen LogP contribution is 2.18. The number of benzene rings is 1. The number of nitrogens with zero attached hydrogens (tertiary/aromatic N) is 1. The van der Waals surface area contributed by atoms with Gasteiger partial charge in [-0.1, -0.05) is 12.1 Å². The first-order valence-electron chi connectivity index (χ1n) is 7.32. The molecule has 1 saturated heterocycles. The van der Waals surface area contributed by atoms with Gasteiger partial charge in [-0.05, 0) is 37.5 Å². The van der Waals surface area contributed by atoms with Crippen molar-refractivity contribution in [2.45, 2.75) is 26.2 Å². The Kier molecular flexibility index (Phi) is 5.20. The van der Waals surface area contributed by atoms with Crippen LogP contribution >= 0.6 is 0 Å². The van der Waals surface area contributed by atoms with Gasteiger partial charge in [-0.15, -0.1) is 0 Å². The Morgan fingerprint density at radius 3 is 2.67 bits per heavy atom. The summed E-state index contributed by atoms with van der Waals surface area (Å²) in [6, 6.07) is 7.45. The smallest absolute Gasteiger partial charge is 0.308 e. The average Bonchev–Trinajstić information content (AvgIpc) is 2.49. The minimum absolute atomic E-state index is 0.00916. The molecule has 1 aliphatic heterocycles. The number of carboxylic acids is 1. The maximum absolute atomic E-state index is 12.2. The zero-order valence-electron chi connectivity index (χ0n) is 12.2. The Balaban J connectivity index is 1.92. The molecular weight excluding hydrogens is 270 g/mol. The number of rotatable bonds is 5. The molecule has 1 amide bonds. The number of ether oxygens (including phenoxy) is 1. The van der Waals surface area contributed by atoms with Gasteiger partial charge in [-0.25, -0.2) is 0 Å². The van der Waals surface area contributed by atoms with E-state index in [9.17, 15) is 9.59 Å². The molecule has 0 saturated carbocycles. The molecule has 0 unspecified atom stereocenters. The van der Waals surface area contributed by atoms with Gasteiger partial charge in [-0.2, -0.15) is 0 Å². The number of hydrogen-bond donors (Lipinski definition) is 1. The van der Waals surface area contributed by atoms with E-state index in [1.165, 1.54) is 0 Å². The summed E-state index contributed by atoms with van der Waals surface area (Å²) in [5.41, 5.74) is 0.918. The van der Waals surface area contributed by atoms with E-state index < -0.39 is 11.9 Å². The monoisotopic (exact) mass is 291 g/mol. The number of carbonyl (C=O) groups is 2. The molecular formula is C16H21NO4. The SMILES string of the molecule is CCOc1ccc(CC(=O)N2CCC[C@H](C(=O)O)C2)cc1. The molecule has 1 heterocycles. The van der Waals surface area contributed by atoms with Gasteiger partial charge in [0.2, 0.25) is 5.91 Å². The van der Waals surface area contributed by atoms with E-state index in [4.69, 9.17) is 9.84 Å². The predicted octanol–water partition coefficient (Wildman–Crippen LogP) is 1.95. The molecule has 1 N–H and O–H groups in total.